The van der Waals surface area contributed by atoms with Crippen molar-refractivity contribution in [3.05, 3.63) is 29.8 Å². The van der Waals surface area contributed by atoms with E-state index < -0.39 is 5.97 Å². The largest absolute Gasteiger partial charge is 0.468 e. The number of nitrogens with two attached hydrogens (primary N) is 1. The molecule has 0 radical (unpaired) electrons. The van der Waals surface area contributed by atoms with Crippen LogP contribution in [-0.2, 0) is 25.5 Å². The highest BCUT2D eigenvalue weighted by atomic mass is 35.5. The maximum absolute atomic E-state index is 12.7. The van der Waals surface area contributed by atoms with E-state index in [1.54, 1.807) is 24.3 Å². The average Bonchev–Trinajstić information content (AvgIpc) is 2.67. The van der Waals surface area contributed by atoms with E-state index in [9.17, 15) is 14.4 Å². The highest BCUT2D eigenvalue weighted by molar-refractivity contribution is 5.92. The summed E-state index contributed by atoms with van der Waals surface area (Å²) in [6.07, 6.45) is 5.41. The Labute approximate surface area is 177 Å². The number of hydrogen-bond donors (Lipinski definition) is 3. The Hall–Kier alpha value is -2.12. The Morgan fingerprint density at radius 2 is 1.72 bits per heavy atom. The number of anilines is 1. The summed E-state index contributed by atoms with van der Waals surface area (Å²) in [7, 11) is 1.27. The first-order valence-corrected chi connectivity index (χ1v) is 9.95. The fraction of sp³-hybridized carbons (Fsp3) is 0.571. The second-order valence-corrected chi connectivity index (χ2v) is 7.91. The molecule has 2 aliphatic rings. The molecule has 0 aliphatic heterocycles. The van der Waals surface area contributed by atoms with Crippen LogP contribution < -0.4 is 16.4 Å². The van der Waals surface area contributed by atoms with Gasteiger partial charge in [-0.1, -0.05) is 18.6 Å². The first kappa shape index (κ1) is 23.2. The van der Waals surface area contributed by atoms with Crippen molar-refractivity contribution in [2.24, 2.45) is 23.5 Å². The van der Waals surface area contributed by atoms with Gasteiger partial charge >= 0.3 is 5.97 Å². The second kappa shape index (κ2) is 10.6. The number of amides is 2. The van der Waals surface area contributed by atoms with E-state index in [2.05, 4.69) is 15.4 Å². The maximum atomic E-state index is 12.7. The Morgan fingerprint density at radius 1 is 1.10 bits per heavy atom. The van der Waals surface area contributed by atoms with Crippen molar-refractivity contribution in [1.82, 2.24) is 5.32 Å². The molecular weight excluding hydrogens is 394 g/mol. The highest BCUT2D eigenvalue weighted by Gasteiger charge is 2.40. The van der Waals surface area contributed by atoms with Crippen LogP contribution in [0.25, 0.3) is 0 Å². The van der Waals surface area contributed by atoms with Crippen LogP contribution >= 0.6 is 12.4 Å². The molecule has 2 unspecified atom stereocenters. The Morgan fingerprint density at radius 3 is 2.31 bits per heavy atom. The molecule has 7 nitrogen and oxygen atoms in total. The first-order valence-electron chi connectivity index (χ1n) is 9.95. The Bertz CT molecular complexity index is 711. The zero-order valence-electron chi connectivity index (χ0n) is 16.7. The summed E-state index contributed by atoms with van der Waals surface area (Å²) in [4.78, 5) is 35.6. The number of carbonyl (C=O) groups is 3. The first-order chi connectivity index (χ1) is 13.5. The molecule has 2 saturated carbocycles. The van der Waals surface area contributed by atoms with Crippen LogP contribution in [0.1, 0.15) is 37.7 Å². The van der Waals surface area contributed by atoms with Gasteiger partial charge in [0.1, 0.15) is 6.54 Å². The average molecular weight is 424 g/mol. The van der Waals surface area contributed by atoms with Gasteiger partial charge in [0.25, 0.3) is 0 Å². The van der Waals surface area contributed by atoms with Crippen molar-refractivity contribution >= 4 is 35.9 Å². The maximum Gasteiger partial charge on any atom is 0.325 e. The zero-order chi connectivity index (χ0) is 20.1. The third-order valence-electron chi connectivity index (χ3n) is 6.03. The topological polar surface area (TPSA) is 111 Å². The molecule has 0 saturated heterocycles. The Kier molecular flexibility index (Phi) is 8.46. The molecule has 8 heteroatoms. The molecule has 2 atom stereocenters. The molecule has 2 fully saturated rings. The third-order valence-corrected chi connectivity index (χ3v) is 6.03. The van der Waals surface area contributed by atoms with E-state index in [4.69, 9.17) is 5.73 Å². The quantitative estimate of drug-likeness (QED) is 0.606. The zero-order valence-corrected chi connectivity index (χ0v) is 17.5. The summed E-state index contributed by atoms with van der Waals surface area (Å²) in [5, 5.41) is 5.50. The summed E-state index contributed by atoms with van der Waals surface area (Å²) >= 11 is 0. The van der Waals surface area contributed by atoms with Crippen molar-refractivity contribution in [3.8, 4) is 0 Å². The number of nitrogens with one attached hydrogen (secondary N) is 2. The molecule has 160 valence electrons. The SMILES string of the molecule is COC(=O)CNC(=O)Cc1ccc(NC(=O)C2CC3CCCC(C2)C3N)cc1.Cl. The molecule has 4 N–H and O–H groups in total. The van der Waals surface area contributed by atoms with Gasteiger partial charge in [0, 0.05) is 17.6 Å². The number of benzene rings is 1. The number of halogens is 1. The van der Waals surface area contributed by atoms with Crippen LogP contribution in [0.2, 0.25) is 0 Å². The number of fused-ring (bicyclic) bond motifs is 2. The van der Waals surface area contributed by atoms with Gasteiger partial charge in [0.05, 0.1) is 13.5 Å². The highest BCUT2D eigenvalue weighted by Crippen LogP contribution is 2.42. The fourth-order valence-corrected chi connectivity index (χ4v) is 4.44. The second-order valence-electron chi connectivity index (χ2n) is 7.91. The van der Waals surface area contributed by atoms with Gasteiger partial charge < -0.3 is 21.1 Å². The number of esters is 1. The van der Waals surface area contributed by atoms with E-state index in [1.807, 2.05) is 0 Å². The minimum atomic E-state index is -0.487. The number of carbonyl (C=O) groups excluding carboxylic acids is 3. The number of ether oxygens (including phenoxy) is 1. The summed E-state index contributed by atoms with van der Waals surface area (Å²) < 4.78 is 4.48. The van der Waals surface area contributed by atoms with E-state index >= 15 is 0 Å². The standard InChI is InChI=1S/C21H29N3O4.ClH/c1-28-19(26)12-23-18(25)9-13-5-7-17(8-6-13)24-21(27)16-10-14-3-2-4-15(11-16)20(14)22;/h5-8,14-16,20H,2-4,9-12,22H2,1H3,(H,23,25)(H,24,27);1H. The van der Waals surface area contributed by atoms with Gasteiger partial charge in [-0.25, -0.2) is 0 Å². The van der Waals surface area contributed by atoms with Crippen molar-refractivity contribution in [2.75, 3.05) is 19.0 Å². The minimum absolute atomic E-state index is 0. The monoisotopic (exact) mass is 423 g/mol. The van der Waals surface area contributed by atoms with E-state index in [0.29, 0.717) is 11.8 Å². The number of hydrogen-bond acceptors (Lipinski definition) is 5. The van der Waals surface area contributed by atoms with Crippen LogP contribution in [0, 0.1) is 17.8 Å². The van der Waals surface area contributed by atoms with Gasteiger partial charge in [-0.2, -0.15) is 0 Å². The number of rotatable bonds is 6. The summed E-state index contributed by atoms with van der Waals surface area (Å²) in [6.45, 7) is -0.142. The van der Waals surface area contributed by atoms with Crippen molar-refractivity contribution in [1.29, 1.82) is 0 Å². The number of methoxy groups -OCH3 is 1. The van der Waals surface area contributed by atoms with Crippen LogP contribution in [0.5, 0.6) is 0 Å². The molecule has 1 aromatic carbocycles. The van der Waals surface area contributed by atoms with Gasteiger partial charge in [0.2, 0.25) is 11.8 Å². The molecule has 3 rings (SSSR count). The van der Waals surface area contributed by atoms with Crippen LogP contribution in [0.15, 0.2) is 24.3 Å². The van der Waals surface area contributed by atoms with Gasteiger partial charge in [-0.05, 0) is 55.2 Å². The van der Waals surface area contributed by atoms with Gasteiger partial charge in [-0.15, -0.1) is 12.4 Å². The van der Waals surface area contributed by atoms with Crippen LogP contribution in [-0.4, -0.2) is 37.5 Å². The van der Waals surface area contributed by atoms with Gasteiger partial charge in [-0.3, -0.25) is 14.4 Å². The Balaban J connectivity index is 0.00000300. The van der Waals surface area contributed by atoms with Crippen molar-refractivity contribution in [3.63, 3.8) is 0 Å². The lowest BCUT2D eigenvalue weighted by Gasteiger charge is -2.43. The molecule has 29 heavy (non-hydrogen) atoms. The lowest BCUT2D eigenvalue weighted by Crippen LogP contribution is -2.48. The van der Waals surface area contributed by atoms with E-state index in [1.165, 1.54) is 13.5 Å². The van der Waals surface area contributed by atoms with E-state index in [0.717, 1.165) is 36.9 Å². The molecule has 0 heterocycles. The molecule has 1 aromatic rings. The predicted molar refractivity (Wildman–Crippen MR) is 113 cm³/mol. The van der Waals surface area contributed by atoms with Crippen LogP contribution in [0.4, 0.5) is 5.69 Å². The fourth-order valence-electron chi connectivity index (χ4n) is 4.44. The lowest BCUT2D eigenvalue weighted by atomic mass is 9.65. The molecule has 2 amide bonds. The molecule has 0 aromatic heterocycles. The molecule has 2 bridgehead atoms. The summed E-state index contributed by atoms with van der Waals surface area (Å²) in [5.41, 5.74) is 7.84. The molecule has 0 spiro atoms. The lowest BCUT2D eigenvalue weighted by molar-refractivity contribution is -0.141. The molecule has 2 aliphatic carbocycles. The van der Waals surface area contributed by atoms with Crippen molar-refractivity contribution in [2.45, 2.75) is 44.6 Å². The predicted octanol–water partition coefficient (Wildman–Crippen LogP) is 2.03. The van der Waals surface area contributed by atoms with E-state index in [-0.39, 0.29) is 49.1 Å². The smallest absolute Gasteiger partial charge is 0.325 e. The molecular formula is C21H30ClN3O4. The van der Waals surface area contributed by atoms with Gasteiger partial charge in [0.15, 0.2) is 0 Å². The summed E-state index contributed by atoms with van der Waals surface area (Å²) in [5.74, 6) is 0.279. The minimum Gasteiger partial charge on any atom is -0.468 e. The van der Waals surface area contributed by atoms with Crippen LogP contribution in [0.3, 0.4) is 0 Å². The normalized spacial score (nSPS) is 25.3. The summed E-state index contributed by atoms with van der Waals surface area (Å²) in [6, 6.07) is 7.46. The third kappa shape index (κ3) is 6.18. The van der Waals surface area contributed by atoms with Crippen molar-refractivity contribution < 1.29 is 19.1 Å².